The van der Waals surface area contributed by atoms with Crippen LogP contribution in [0.25, 0.3) is 0 Å². The molecule has 3 fully saturated rings. The summed E-state index contributed by atoms with van der Waals surface area (Å²) in [6.07, 6.45) is 6.51. The Morgan fingerprint density at radius 2 is 1.83 bits per heavy atom. The van der Waals surface area contributed by atoms with Crippen molar-refractivity contribution in [3.8, 4) is 17.2 Å². The van der Waals surface area contributed by atoms with E-state index >= 15 is 0 Å². The quantitative estimate of drug-likeness (QED) is 0.210. The maximum Gasteiger partial charge on any atom is 0.298 e. The van der Waals surface area contributed by atoms with Crippen molar-refractivity contribution in [1.82, 2.24) is 0 Å². The number of phenolic OH excluding ortho intramolecular Hbond substituents is 1. The normalized spacial score (nSPS) is 37.1. The molecule has 3 heterocycles. The number of hydrogen-bond donors (Lipinski definition) is 2. The van der Waals surface area contributed by atoms with Crippen molar-refractivity contribution in [2.24, 2.45) is 17.8 Å². The van der Waals surface area contributed by atoms with Gasteiger partial charge in [-0.05, 0) is 86.1 Å². The number of benzene rings is 1. The first kappa shape index (κ1) is 31.9. The predicted octanol–water partition coefficient (Wildman–Crippen LogP) is 5.96. The van der Waals surface area contributed by atoms with Crippen molar-refractivity contribution in [1.29, 1.82) is 0 Å². The molecule has 3 aliphatic heterocycles. The van der Waals surface area contributed by atoms with Gasteiger partial charge in [0.05, 0.1) is 5.60 Å². The lowest BCUT2D eigenvalue weighted by Crippen LogP contribution is -2.72. The van der Waals surface area contributed by atoms with E-state index in [-0.39, 0.29) is 41.1 Å². The van der Waals surface area contributed by atoms with E-state index in [1.54, 1.807) is 19.1 Å². The van der Waals surface area contributed by atoms with E-state index in [4.69, 9.17) is 18.9 Å². The van der Waals surface area contributed by atoms with E-state index in [0.29, 0.717) is 60.4 Å². The summed E-state index contributed by atoms with van der Waals surface area (Å²) < 4.78 is 25.8. The highest BCUT2D eigenvalue weighted by Gasteiger charge is 2.81. The van der Waals surface area contributed by atoms with Gasteiger partial charge in [-0.15, -0.1) is 0 Å². The van der Waals surface area contributed by atoms with Gasteiger partial charge in [-0.1, -0.05) is 29.9 Å². The number of allylic oxidation sites excluding steroid dienone is 5. The Morgan fingerprint density at radius 3 is 2.49 bits per heavy atom. The van der Waals surface area contributed by atoms with Crippen LogP contribution in [0.4, 0.5) is 0 Å². The van der Waals surface area contributed by atoms with Crippen molar-refractivity contribution in [2.75, 3.05) is 0 Å². The molecule has 250 valence electrons. The van der Waals surface area contributed by atoms with Crippen molar-refractivity contribution in [3.05, 3.63) is 64.0 Å². The monoisotopic (exact) mass is 644 g/mol. The largest absolute Gasteiger partial charge is 0.507 e. The highest BCUT2D eigenvalue weighted by molar-refractivity contribution is 6.18. The second kappa shape index (κ2) is 10.2. The number of carbonyl (C=O) groups is 3. The lowest BCUT2D eigenvalue weighted by molar-refractivity contribution is -0.171. The molecule has 8 rings (SSSR count). The molecule has 2 saturated carbocycles. The molecule has 1 saturated heterocycles. The number of ether oxygens (including phenoxy) is 4. The first-order valence-corrected chi connectivity index (χ1v) is 16.6. The molecule has 4 aliphatic carbocycles. The summed E-state index contributed by atoms with van der Waals surface area (Å²) >= 11 is 0. The average Bonchev–Trinajstić information content (AvgIpc) is 3.14. The molecule has 1 spiro atoms. The molecular formula is C38H44O9. The van der Waals surface area contributed by atoms with Gasteiger partial charge in [-0.3, -0.25) is 14.4 Å². The third-order valence-electron chi connectivity index (χ3n) is 11.9. The summed E-state index contributed by atoms with van der Waals surface area (Å²) in [6.45, 7) is 17.8. The maximum absolute atomic E-state index is 15.0. The fourth-order valence-electron chi connectivity index (χ4n) is 9.67. The Balaban J connectivity index is 1.52. The number of phenols is 1. The number of hydrogen-bond acceptors (Lipinski definition) is 9. The minimum Gasteiger partial charge on any atom is -0.507 e. The van der Waals surface area contributed by atoms with Crippen molar-refractivity contribution in [3.63, 3.8) is 0 Å². The third-order valence-corrected chi connectivity index (χ3v) is 11.9. The number of aliphatic hydroxyl groups is 1. The number of aliphatic hydroxyl groups excluding tert-OH is 1. The molecule has 0 amide bonds. The molecule has 9 heteroatoms. The first-order valence-electron chi connectivity index (χ1n) is 16.6. The van der Waals surface area contributed by atoms with Crippen molar-refractivity contribution in [2.45, 2.75) is 115 Å². The van der Waals surface area contributed by atoms with E-state index in [9.17, 15) is 24.6 Å². The van der Waals surface area contributed by atoms with Gasteiger partial charge < -0.3 is 29.2 Å². The molecule has 3 unspecified atom stereocenters. The summed E-state index contributed by atoms with van der Waals surface area (Å²) in [6, 6.07) is 0. The van der Waals surface area contributed by atoms with Gasteiger partial charge in [0, 0.05) is 40.9 Å². The summed E-state index contributed by atoms with van der Waals surface area (Å²) in [5.74, 6) is -1.62. The standard InChI is InChI=1S/C38H44O9/c1-18(2)9-10-23-31-27(26-22(19(3)4)12-13-36(8,45-31)34(26)43)30(41)28-29(40)24-15-21-16-25-35(6,7)47-37(33(21)42,14-11-20(5)44-17-39)38(24,25)46-32(23)28/h9,11,15,17,21-22,25-26,34,41,43H,3,10,12-14,16H2,1-2,4-8H3/b20-11-/t21?,22?,25?,26-,34+,36-,37-,38-/m1/s1. The summed E-state index contributed by atoms with van der Waals surface area (Å²) in [5, 5.41) is 23.9. The van der Waals surface area contributed by atoms with Crippen LogP contribution in [0.2, 0.25) is 0 Å². The molecule has 1 aromatic carbocycles. The molecule has 1 aromatic rings. The minimum absolute atomic E-state index is 0.0191. The molecule has 8 atom stereocenters. The molecule has 0 aromatic heterocycles. The van der Waals surface area contributed by atoms with Crippen molar-refractivity contribution >= 4 is 18.0 Å². The molecule has 0 radical (unpaired) electrons. The summed E-state index contributed by atoms with van der Waals surface area (Å²) in [7, 11) is 0. The van der Waals surface area contributed by atoms with Crippen LogP contribution in [0.1, 0.15) is 102 Å². The van der Waals surface area contributed by atoms with E-state index < -0.39 is 46.1 Å². The third kappa shape index (κ3) is 3.99. The zero-order valence-electron chi connectivity index (χ0n) is 28.2. The Labute approximate surface area is 275 Å². The maximum atomic E-state index is 15.0. The van der Waals surface area contributed by atoms with Crippen LogP contribution in [0.3, 0.4) is 0 Å². The number of Topliss-reactive ketones (excluding diaryl/α,β-unsaturated/α-hetero) is 2. The number of fused-ring (bicyclic) bond motifs is 5. The second-order valence-corrected chi connectivity index (χ2v) is 15.4. The highest BCUT2D eigenvalue weighted by Crippen LogP contribution is 2.69. The van der Waals surface area contributed by atoms with Crippen LogP contribution in [0.15, 0.2) is 47.3 Å². The number of aromatic hydroxyl groups is 1. The van der Waals surface area contributed by atoms with Gasteiger partial charge in [0.15, 0.2) is 22.8 Å². The van der Waals surface area contributed by atoms with Crippen LogP contribution < -0.4 is 9.47 Å². The zero-order valence-corrected chi connectivity index (χ0v) is 28.2. The van der Waals surface area contributed by atoms with Gasteiger partial charge in [0.1, 0.15) is 40.3 Å². The van der Waals surface area contributed by atoms with Crippen molar-refractivity contribution < 1.29 is 43.5 Å². The van der Waals surface area contributed by atoms with E-state index in [1.165, 1.54) is 0 Å². The van der Waals surface area contributed by atoms with Gasteiger partial charge in [0.2, 0.25) is 0 Å². The van der Waals surface area contributed by atoms with Crippen LogP contribution in [0, 0.1) is 17.8 Å². The minimum atomic E-state index is -1.58. The van der Waals surface area contributed by atoms with Crippen LogP contribution in [-0.4, -0.2) is 56.8 Å². The Kier molecular flexibility index (Phi) is 6.89. The van der Waals surface area contributed by atoms with Crippen LogP contribution >= 0.6 is 0 Å². The van der Waals surface area contributed by atoms with E-state index in [0.717, 1.165) is 11.1 Å². The van der Waals surface area contributed by atoms with Gasteiger partial charge >= 0.3 is 0 Å². The lowest BCUT2D eigenvalue weighted by atomic mass is 9.51. The summed E-state index contributed by atoms with van der Waals surface area (Å²) in [5.41, 5.74) is -1.64. The van der Waals surface area contributed by atoms with Crippen LogP contribution in [0.5, 0.6) is 17.2 Å². The average molecular weight is 645 g/mol. The zero-order chi connectivity index (χ0) is 34.0. The van der Waals surface area contributed by atoms with E-state index in [1.807, 2.05) is 47.6 Å². The summed E-state index contributed by atoms with van der Waals surface area (Å²) in [4.78, 5) is 40.5. The number of carbonyl (C=O) groups excluding carboxylic acids is 3. The molecule has 9 nitrogen and oxygen atoms in total. The fraction of sp³-hybridized carbons (Fsp3) is 0.553. The molecule has 6 bridgehead atoms. The second-order valence-electron chi connectivity index (χ2n) is 15.4. The molecule has 2 N–H and O–H groups in total. The Hall–Kier alpha value is -3.69. The number of ketones is 2. The van der Waals surface area contributed by atoms with Gasteiger partial charge in [-0.25, -0.2) is 0 Å². The SMILES string of the molecule is C=C(C)C1CC[C@@]2(C)Oc3c(CC=C(C)C)c4c(c(O)c3[C@@H]1[C@@H]2O)C(=O)C1=CC2CC3C(C)(C)O[C@](C/C=C(/C)OC=O)(C2=O)[C@@]13O4. The van der Waals surface area contributed by atoms with Gasteiger partial charge in [-0.2, -0.15) is 0 Å². The smallest absolute Gasteiger partial charge is 0.298 e. The highest BCUT2D eigenvalue weighted by atomic mass is 16.6. The topological polar surface area (TPSA) is 129 Å². The van der Waals surface area contributed by atoms with Gasteiger partial charge in [0.25, 0.3) is 6.47 Å². The van der Waals surface area contributed by atoms with Crippen LogP contribution in [-0.2, 0) is 25.5 Å². The Bertz CT molecular complexity index is 1740. The first-order chi connectivity index (χ1) is 22.0. The fourth-order valence-corrected chi connectivity index (χ4v) is 9.67. The molecule has 7 aliphatic rings. The number of rotatable bonds is 7. The predicted molar refractivity (Wildman–Crippen MR) is 172 cm³/mol. The molecular weight excluding hydrogens is 600 g/mol. The Morgan fingerprint density at radius 1 is 1.11 bits per heavy atom. The lowest BCUT2D eigenvalue weighted by Gasteiger charge is -2.57. The van der Waals surface area contributed by atoms with E-state index in [2.05, 4.69) is 6.58 Å². The molecule has 47 heavy (non-hydrogen) atoms.